The van der Waals surface area contributed by atoms with E-state index in [0.29, 0.717) is 29.7 Å². The molecule has 1 aliphatic heterocycles. The number of likely N-dealkylation sites (tertiary alicyclic amines) is 1. The summed E-state index contributed by atoms with van der Waals surface area (Å²) in [5.74, 6) is 2.19. The molecule has 0 spiro atoms. The minimum absolute atomic E-state index is 0.0298. The predicted octanol–water partition coefficient (Wildman–Crippen LogP) is 4.94. The normalized spacial score (nSPS) is 22.4. The molecule has 1 saturated carbocycles. The van der Waals surface area contributed by atoms with Gasteiger partial charge < -0.3 is 16.0 Å². The highest BCUT2D eigenvalue weighted by molar-refractivity contribution is 5.87. The highest BCUT2D eigenvalue weighted by Crippen LogP contribution is 2.41. The van der Waals surface area contributed by atoms with Crippen LogP contribution in [-0.4, -0.2) is 49.5 Å². The lowest BCUT2D eigenvalue weighted by Gasteiger charge is -2.38. The quantitative estimate of drug-likeness (QED) is 0.341. The number of nitrogens with one attached hydrogen (secondary N) is 1. The first-order chi connectivity index (χ1) is 19.5. The van der Waals surface area contributed by atoms with Gasteiger partial charge in [0.25, 0.3) is 0 Å². The second-order valence-electron chi connectivity index (χ2n) is 11.6. The molecule has 3 N–H and O–H groups in total. The molecule has 3 atom stereocenters. The number of hydrogen-bond acceptors (Lipinski definition) is 6. The molecule has 8 heteroatoms. The number of nitrogens with two attached hydrogens (primary N) is 1. The van der Waals surface area contributed by atoms with Crippen molar-refractivity contribution >= 4 is 22.9 Å². The molecule has 2 fully saturated rings. The van der Waals surface area contributed by atoms with Crippen molar-refractivity contribution in [2.24, 2.45) is 5.92 Å². The number of fused-ring (bicyclic) bond motifs is 2. The zero-order valence-electron chi connectivity index (χ0n) is 22.9. The van der Waals surface area contributed by atoms with Gasteiger partial charge in [0.1, 0.15) is 11.3 Å². The molecule has 4 heterocycles. The lowest BCUT2D eigenvalue weighted by atomic mass is 9.92. The maximum atomic E-state index is 12.1. The predicted molar refractivity (Wildman–Crippen MR) is 157 cm³/mol. The summed E-state index contributed by atoms with van der Waals surface area (Å²) >= 11 is 0. The molecule has 3 aromatic heterocycles. The van der Waals surface area contributed by atoms with Crippen molar-refractivity contribution in [3.63, 3.8) is 0 Å². The summed E-state index contributed by atoms with van der Waals surface area (Å²) in [6.07, 6.45) is 8.56. The summed E-state index contributed by atoms with van der Waals surface area (Å²) in [7, 11) is 0. The first kappa shape index (κ1) is 25.0. The van der Waals surface area contributed by atoms with Gasteiger partial charge in [-0.05, 0) is 91.6 Å². The maximum absolute atomic E-state index is 12.1. The number of imidazole rings is 1. The van der Waals surface area contributed by atoms with Gasteiger partial charge in [0.05, 0.1) is 5.56 Å². The van der Waals surface area contributed by atoms with Crippen molar-refractivity contribution in [1.29, 1.82) is 0 Å². The van der Waals surface area contributed by atoms with Crippen LogP contribution in [0.3, 0.4) is 0 Å². The Morgan fingerprint density at radius 3 is 2.77 bits per heavy atom. The van der Waals surface area contributed by atoms with Crippen LogP contribution >= 0.6 is 0 Å². The van der Waals surface area contributed by atoms with Gasteiger partial charge in [0.2, 0.25) is 5.91 Å². The summed E-state index contributed by atoms with van der Waals surface area (Å²) in [6, 6.07) is 15.5. The smallest absolute Gasteiger partial charge is 0.245 e. The van der Waals surface area contributed by atoms with Crippen LogP contribution in [0.15, 0.2) is 61.3 Å². The first-order valence-corrected chi connectivity index (χ1v) is 14.4. The van der Waals surface area contributed by atoms with Crippen LogP contribution in [0.5, 0.6) is 0 Å². The molecule has 7 rings (SSSR count). The monoisotopic (exact) mass is 533 g/mol. The Kier molecular flexibility index (Phi) is 6.15. The average Bonchev–Trinajstić information content (AvgIpc) is 3.65. The Bertz CT molecular complexity index is 1620. The van der Waals surface area contributed by atoms with Gasteiger partial charge in [-0.2, -0.15) is 0 Å². The van der Waals surface area contributed by atoms with Gasteiger partial charge >= 0.3 is 0 Å². The van der Waals surface area contributed by atoms with Crippen LogP contribution in [0.2, 0.25) is 0 Å². The van der Waals surface area contributed by atoms with E-state index in [4.69, 9.17) is 15.7 Å². The third-order valence-corrected chi connectivity index (χ3v) is 8.87. The minimum atomic E-state index is 0.0298. The standard InChI is InChI=1S/C32H35N7O/c1-3-29(40)38-16-14-25(19(2)18-38)35-27-11-8-21-17-22(9-10-23(21)27)39-31(24-5-4-15-34-30(24)33)37-28-13-12-26(20-6-7-20)36-32(28)39/h3-5,9-10,12-13,15,17,19-20,25,27,35H,1,6-8,11,14,16,18H2,2H3,(H2,33,34). The van der Waals surface area contributed by atoms with E-state index in [1.54, 1.807) is 6.20 Å². The van der Waals surface area contributed by atoms with Crippen LogP contribution < -0.4 is 11.1 Å². The van der Waals surface area contributed by atoms with Crippen LogP contribution in [-0.2, 0) is 11.2 Å². The van der Waals surface area contributed by atoms with Crippen LogP contribution in [0, 0.1) is 5.92 Å². The molecule has 1 aromatic carbocycles. The second-order valence-corrected chi connectivity index (χ2v) is 11.6. The molecule has 8 nitrogen and oxygen atoms in total. The van der Waals surface area contributed by atoms with Gasteiger partial charge in [-0.25, -0.2) is 15.0 Å². The highest BCUT2D eigenvalue weighted by atomic mass is 16.2. The molecule has 40 heavy (non-hydrogen) atoms. The highest BCUT2D eigenvalue weighted by Gasteiger charge is 2.32. The van der Waals surface area contributed by atoms with E-state index in [1.165, 1.54) is 30.0 Å². The zero-order valence-corrected chi connectivity index (χ0v) is 22.9. The number of pyridine rings is 2. The van der Waals surface area contributed by atoms with E-state index in [-0.39, 0.29) is 5.91 Å². The fourth-order valence-electron chi connectivity index (χ4n) is 6.51. The van der Waals surface area contributed by atoms with E-state index >= 15 is 0 Å². The van der Waals surface area contributed by atoms with E-state index in [2.05, 4.69) is 58.7 Å². The van der Waals surface area contributed by atoms with Crippen molar-refractivity contribution in [3.05, 3.63) is 78.1 Å². The summed E-state index contributed by atoms with van der Waals surface area (Å²) in [6.45, 7) is 7.42. The van der Waals surface area contributed by atoms with Crippen molar-refractivity contribution in [2.45, 2.75) is 57.0 Å². The first-order valence-electron chi connectivity index (χ1n) is 14.4. The average molecular weight is 534 g/mol. The maximum Gasteiger partial charge on any atom is 0.245 e. The molecule has 0 bridgehead atoms. The fraction of sp³-hybridized carbons (Fsp3) is 0.375. The van der Waals surface area contributed by atoms with E-state index in [9.17, 15) is 4.79 Å². The lowest BCUT2D eigenvalue weighted by Crippen LogP contribution is -2.50. The molecule has 3 aliphatic rings. The van der Waals surface area contributed by atoms with E-state index in [0.717, 1.165) is 66.3 Å². The molecule has 2 aliphatic carbocycles. The molecule has 4 aromatic rings. The second kappa shape index (κ2) is 9.86. The van der Waals surface area contributed by atoms with Crippen molar-refractivity contribution in [3.8, 4) is 17.1 Å². The molecule has 0 radical (unpaired) electrons. The number of anilines is 1. The number of rotatable bonds is 6. The number of benzene rings is 1. The number of carbonyl (C=O) groups is 1. The Morgan fingerprint density at radius 1 is 1.12 bits per heavy atom. The largest absolute Gasteiger partial charge is 0.383 e. The van der Waals surface area contributed by atoms with Gasteiger partial charge in [0, 0.05) is 48.7 Å². The molecule has 3 unspecified atom stereocenters. The van der Waals surface area contributed by atoms with Crippen LogP contribution in [0.1, 0.15) is 61.4 Å². The summed E-state index contributed by atoms with van der Waals surface area (Å²) < 4.78 is 2.16. The molecular formula is C32H35N7O. The van der Waals surface area contributed by atoms with E-state index in [1.807, 2.05) is 17.0 Å². The summed E-state index contributed by atoms with van der Waals surface area (Å²) in [5.41, 5.74) is 13.8. The topological polar surface area (TPSA) is 102 Å². The number of aryl methyl sites for hydroxylation is 1. The van der Waals surface area contributed by atoms with Crippen LogP contribution in [0.4, 0.5) is 5.82 Å². The molecule has 204 valence electrons. The molecule has 1 amide bonds. The number of piperidine rings is 1. The summed E-state index contributed by atoms with van der Waals surface area (Å²) in [5, 5.41) is 3.94. The number of carbonyl (C=O) groups excluding carboxylic acids is 1. The van der Waals surface area contributed by atoms with Gasteiger partial charge in [-0.3, -0.25) is 9.36 Å². The fourth-order valence-corrected chi connectivity index (χ4v) is 6.51. The summed E-state index contributed by atoms with van der Waals surface area (Å²) in [4.78, 5) is 28.4. The Balaban J connectivity index is 1.22. The van der Waals surface area contributed by atoms with Crippen molar-refractivity contribution < 1.29 is 4.79 Å². The van der Waals surface area contributed by atoms with Gasteiger partial charge in [0.15, 0.2) is 11.5 Å². The number of amides is 1. The Morgan fingerprint density at radius 2 is 2.00 bits per heavy atom. The number of nitrogens with zero attached hydrogens (tertiary/aromatic N) is 5. The molecule has 1 saturated heterocycles. The van der Waals surface area contributed by atoms with E-state index < -0.39 is 0 Å². The molecular weight excluding hydrogens is 498 g/mol. The van der Waals surface area contributed by atoms with Crippen molar-refractivity contribution in [2.75, 3.05) is 18.8 Å². The van der Waals surface area contributed by atoms with Crippen molar-refractivity contribution in [1.82, 2.24) is 29.7 Å². The number of hydrogen-bond donors (Lipinski definition) is 2. The SMILES string of the molecule is C=CC(=O)N1CCC(NC2CCc3cc(-n4c(-c5cccnc5N)nc5ccc(C6CC6)nc54)ccc32)C(C)C1. The lowest BCUT2D eigenvalue weighted by molar-refractivity contribution is -0.128. The Hall–Kier alpha value is -4.04. The Labute approximate surface area is 234 Å². The third-order valence-electron chi connectivity index (χ3n) is 8.87. The minimum Gasteiger partial charge on any atom is -0.383 e. The number of aromatic nitrogens is 4. The van der Waals surface area contributed by atoms with Gasteiger partial charge in [-0.1, -0.05) is 19.6 Å². The third kappa shape index (κ3) is 4.36. The zero-order chi connectivity index (χ0) is 27.4. The van der Waals surface area contributed by atoms with Crippen LogP contribution in [0.25, 0.3) is 28.2 Å². The van der Waals surface area contributed by atoms with Gasteiger partial charge in [-0.15, -0.1) is 0 Å². The number of nitrogen functional groups attached to an aromatic ring is 1.